The molecule has 7 nitrogen and oxygen atoms in total. The Kier molecular flexibility index (Phi) is 7.16. The monoisotopic (exact) mass is 442 g/mol. The number of nitrogens with zero attached hydrogens (tertiary/aromatic N) is 4. The predicted molar refractivity (Wildman–Crippen MR) is 125 cm³/mol. The summed E-state index contributed by atoms with van der Waals surface area (Å²) in [4.78, 5) is 13.4. The van der Waals surface area contributed by atoms with Gasteiger partial charge in [0, 0.05) is 24.5 Å². The van der Waals surface area contributed by atoms with Crippen molar-refractivity contribution in [2.75, 3.05) is 0 Å². The average Bonchev–Trinajstić information content (AvgIpc) is 3.09. The molecule has 176 valence electrons. The number of rotatable bonds is 6. The molecule has 0 aliphatic heterocycles. The molecule has 1 amide bonds. The van der Waals surface area contributed by atoms with Crippen LogP contribution in [-0.2, 0) is 7.05 Å². The first-order chi connectivity index (χ1) is 15.0. The maximum Gasteiger partial charge on any atom is 0.407 e. The van der Waals surface area contributed by atoms with E-state index >= 15 is 0 Å². The van der Waals surface area contributed by atoms with Crippen molar-refractivity contribution >= 4 is 6.09 Å². The number of carboxylic acid groups (broad SMARTS) is 1. The minimum Gasteiger partial charge on any atom is -0.483 e. The van der Waals surface area contributed by atoms with Gasteiger partial charge in [0.25, 0.3) is 0 Å². The molecule has 3 rings (SSSR count). The van der Waals surface area contributed by atoms with Gasteiger partial charge < -0.3 is 19.3 Å². The third-order valence-corrected chi connectivity index (χ3v) is 6.50. The second kappa shape index (κ2) is 9.51. The van der Waals surface area contributed by atoms with E-state index < -0.39 is 11.6 Å². The van der Waals surface area contributed by atoms with Crippen molar-refractivity contribution in [1.29, 1.82) is 0 Å². The number of hydrogen-bond acceptors (Lipinski definition) is 4. The minimum atomic E-state index is -0.839. The van der Waals surface area contributed by atoms with Crippen molar-refractivity contribution < 1.29 is 14.6 Å². The zero-order valence-electron chi connectivity index (χ0n) is 20.5. The summed E-state index contributed by atoms with van der Waals surface area (Å²) in [5, 5.41) is 18.7. The van der Waals surface area contributed by atoms with E-state index in [0.717, 1.165) is 43.1 Å². The summed E-state index contributed by atoms with van der Waals surface area (Å²) in [6.07, 6.45) is 2.43. The molecule has 1 aliphatic carbocycles. The lowest BCUT2D eigenvalue weighted by Gasteiger charge is -2.42. The van der Waals surface area contributed by atoms with Crippen LogP contribution in [-0.4, -0.2) is 42.4 Å². The van der Waals surface area contributed by atoms with E-state index in [4.69, 9.17) is 4.74 Å². The normalized spacial score (nSPS) is 20.2. The fraction of sp³-hybridized carbons (Fsp3) is 0.640. The molecule has 7 heteroatoms. The van der Waals surface area contributed by atoms with Crippen LogP contribution in [0.2, 0.25) is 0 Å². The molecule has 1 aliphatic rings. The molecule has 1 saturated carbocycles. The van der Waals surface area contributed by atoms with Crippen molar-refractivity contribution in [3.63, 3.8) is 0 Å². The van der Waals surface area contributed by atoms with Gasteiger partial charge in [-0.2, -0.15) is 0 Å². The molecule has 2 aromatic rings. The largest absolute Gasteiger partial charge is 0.483 e. The number of amides is 1. The Balaban J connectivity index is 1.68. The Bertz CT molecular complexity index is 924. The van der Waals surface area contributed by atoms with E-state index in [0.29, 0.717) is 5.92 Å². The van der Waals surface area contributed by atoms with Crippen molar-refractivity contribution in [3.8, 4) is 5.75 Å². The fourth-order valence-electron chi connectivity index (χ4n) is 4.85. The summed E-state index contributed by atoms with van der Waals surface area (Å²) in [6.45, 7) is 12.2. The van der Waals surface area contributed by atoms with Gasteiger partial charge in [-0.1, -0.05) is 26.0 Å². The zero-order valence-corrected chi connectivity index (χ0v) is 20.5. The molecule has 1 atom stereocenters. The molecule has 1 N–H and O–H groups in total. The first-order valence-corrected chi connectivity index (χ1v) is 11.7. The zero-order chi connectivity index (χ0) is 23.6. The maximum atomic E-state index is 11.8. The lowest BCUT2D eigenvalue weighted by molar-refractivity contribution is 0.0541. The van der Waals surface area contributed by atoms with E-state index in [-0.39, 0.29) is 18.1 Å². The molecular weight excluding hydrogens is 404 g/mol. The van der Waals surface area contributed by atoms with Gasteiger partial charge in [0.1, 0.15) is 11.6 Å². The highest BCUT2D eigenvalue weighted by atomic mass is 16.5. The Morgan fingerprint density at radius 1 is 1.16 bits per heavy atom. The van der Waals surface area contributed by atoms with E-state index in [1.165, 1.54) is 5.56 Å². The van der Waals surface area contributed by atoms with Crippen molar-refractivity contribution in [1.82, 2.24) is 19.7 Å². The van der Waals surface area contributed by atoms with Crippen LogP contribution in [0.3, 0.4) is 0 Å². The van der Waals surface area contributed by atoms with Gasteiger partial charge in [-0.15, -0.1) is 10.2 Å². The second-order valence-electron chi connectivity index (χ2n) is 10.3. The van der Waals surface area contributed by atoms with Gasteiger partial charge in [0.2, 0.25) is 0 Å². The molecule has 0 spiro atoms. The van der Waals surface area contributed by atoms with Gasteiger partial charge in [0.05, 0.1) is 0 Å². The molecule has 1 heterocycles. The summed E-state index contributed by atoms with van der Waals surface area (Å²) < 4.78 is 8.25. The van der Waals surface area contributed by atoms with Crippen LogP contribution in [0.15, 0.2) is 24.3 Å². The summed E-state index contributed by atoms with van der Waals surface area (Å²) in [6, 6.07) is 8.25. The molecule has 1 aromatic heterocycles. The number of hydrogen-bond donors (Lipinski definition) is 1. The van der Waals surface area contributed by atoms with E-state index in [2.05, 4.69) is 40.7 Å². The number of carbonyl (C=O) groups is 1. The van der Waals surface area contributed by atoms with Gasteiger partial charge in [0.15, 0.2) is 11.9 Å². The van der Waals surface area contributed by atoms with Crippen molar-refractivity contribution in [2.24, 2.45) is 7.05 Å². The molecule has 0 bridgehead atoms. The maximum absolute atomic E-state index is 11.8. The summed E-state index contributed by atoms with van der Waals surface area (Å²) in [5.41, 5.74) is 0.844. The average molecular weight is 443 g/mol. The smallest absolute Gasteiger partial charge is 0.407 e. The summed E-state index contributed by atoms with van der Waals surface area (Å²) >= 11 is 0. The van der Waals surface area contributed by atoms with Crippen molar-refractivity contribution in [2.45, 2.75) is 96.7 Å². The lowest BCUT2D eigenvalue weighted by atomic mass is 9.83. The van der Waals surface area contributed by atoms with Gasteiger partial charge >= 0.3 is 6.09 Å². The third-order valence-electron chi connectivity index (χ3n) is 6.50. The molecule has 1 aromatic carbocycles. The summed E-state index contributed by atoms with van der Waals surface area (Å²) in [7, 11) is 2.00. The fourth-order valence-corrected chi connectivity index (χ4v) is 4.85. The van der Waals surface area contributed by atoms with Crippen LogP contribution in [0.4, 0.5) is 4.79 Å². The Labute approximate surface area is 191 Å². The van der Waals surface area contributed by atoms with Crippen LogP contribution in [0, 0.1) is 0 Å². The van der Waals surface area contributed by atoms with Gasteiger partial charge in [-0.05, 0) is 77.0 Å². The first-order valence-electron chi connectivity index (χ1n) is 11.7. The predicted octanol–water partition coefficient (Wildman–Crippen LogP) is 5.88. The number of benzene rings is 1. The highest BCUT2D eigenvalue weighted by Crippen LogP contribution is 2.36. The number of ether oxygens (including phenoxy) is 1. The molecule has 0 unspecified atom stereocenters. The first kappa shape index (κ1) is 24.1. The van der Waals surface area contributed by atoms with E-state index in [1.807, 2.05) is 46.9 Å². The molecular formula is C25H38N4O3. The van der Waals surface area contributed by atoms with Gasteiger partial charge in [-0.3, -0.25) is 0 Å². The highest BCUT2D eigenvalue weighted by Gasteiger charge is 2.37. The number of aromatic nitrogens is 3. The quantitative estimate of drug-likeness (QED) is 0.604. The Morgan fingerprint density at radius 2 is 1.81 bits per heavy atom. The topological polar surface area (TPSA) is 80.5 Å². The molecule has 0 saturated heterocycles. The molecule has 32 heavy (non-hydrogen) atoms. The molecule has 1 fully saturated rings. The molecule has 0 radical (unpaired) electrons. The highest BCUT2D eigenvalue weighted by molar-refractivity contribution is 5.66. The standard InChI is InChI=1S/C25H38N4O3/c1-16(2)19-9-8-10-21(15-19)32-17(3)22-26-27-23(28(22)7)18-11-13-20(14-12-18)29(24(30)31)25(4,5)6/h8-10,15-18,20H,11-14H2,1-7H3,(H,30,31)/t17-,18?,20?/m1/s1. The lowest BCUT2D eigenvalue weighted by Crippen LogP contribution is -2.52. The van der Waals surface area contributed by atoms with Crippen LogP contribution in [0.25, 0.3) is 0 Å². The second-order valence-corrected chi connectivity index (χ2v) is 10.3. The Morgan fingerprint density at radius 3 is 2.38 bits per heavy atom. The van der Waals surface area contributed by atoms with Crippen LogP contribution in [0.5, 0.6) is 5.75 Å². The SMILES string of the molecule is CC(C)c1cccc(O[C@H](C)c2nnc(C3CCC(N(C(=O)O)C(C)(C)C)CC3)n2C)c1. The van der Waals surface area contributed by atoms with Crippen LogP contribution < -0.4 is 4.74 Å². The van der Waals surface area contributed by atoms with E-state index in [9.17, 15) is 9.90 Å². The third kappa shape index (κ3) is 5.25. The summed E-state index contributed by atoms with van der Waals surface area (Å²) in [5.74, 6) is 3.33. The minimum absolute atomic E-state index is 0.0481. The van der Waals surface area contributed by atoms with Crippen LogP contribution >= 0.6 is 0 Å². The van der Waals surface area contributed by atoms with E-state index in [1.54, 1.807) is 4.90 Å². The van der Waals surface area contributed by atoms with Gasteiger partial charge in [-0.25, -0.2) is 4.79 Å². The van der Waals surface area contributed by atoms with Crippen LogP contribution in [0.1, 0.15) is 102 Å². The van der Waals surface area contributed by atoms with Crippen molar-refractivity contribution in [3.05, 3.63) is 41.5 Å². The Hall–Kier alpha value is -2.57.